The Hall–Kier alpha value is -3.49. The van der Waals surface area contributed by atoms with Gasteiger partial charge in [0.1, 0.15) is 17.1 Å². The number of carbonyl (C=O) groups is 2. The lowest BCUT2D eigenvalue weighted by atomic mass is 9.85. The van der Waals surface area contributed by atoms with Crippen molar-refractivity contribution in [2.24, 2.45) is 5.92 Å². The molecule has 2 amide bonds. The highest BCUT2D eigenvalue weighted by molar-refractivity contribution is 5.93. The normalized spacial score (nSPS) is 14.0. The van der Waals surface area contributed by atoms with E-state index in [0.29, 0.717) is 24.7 Å². The van der Waals surface area contributed by atoms with E-state index >= 15 is 0 Å². The van der Waals surface area contributed by atoms with Crippen molar-refractivity contribution in [2.75, 3.05) is 6.54 Å². The summed E-state index contributed by atoms with van der Waals surface area (Å²) in [6.45, 7) is 6.93. The molecule has 4 rings (SSSR count). The molecule has 1 aliphatic carbocycles. The smallest absolute Gasteiger partial charge is 0.410 e. The quantitative estimate of drug-likeness (QED) is 0.559. The molecule has 3 heterocycles. The van der Waals surface area contributed by atoms with Crippen molar-refractivity contribution in [1.29, 1.82) is 0 Å². The van der Waals surface area contributed by atoms with Crippen LogP contribution in [0.15, 0.2) is 43.0 Å². The van der Waals surface area contributed by atoms with Crippen LogP contribution < -0.4 is 5.32 Å². The highest BCUT2D eigenvalue weighted by atomic mass is 19.1. The van der Waals surface area contributed by atoms with E-state index in [9.17, 15) is 14.0 Å². The largest absolute Gasteiger partial charge is 0.444 e. The Bertz CT molecular complexity index is 1180. The molecule has 0 aromatic carbocycles. The third-order valence-corrected chi connectivity index (χ3v) is 5.69. The molecule has 0 bridgehead atoms. The van der Waals surface area contributed by atoms with Crippen LogP contribution in [0.2, 0.25) is 0 Å². The van der Waals surface area contributed by atoms with Gasteiger partial charge in [0.05, 0.1) is 30.5 Å². The van der Waals surface area contributed by atoms with Crippen LogP contribution in [0.25, 0.3) is 5.65 Å². The van der Waals surface area contributed by atoms with Crippen LogP contribution in [-0.2, 0) is 17.8 Å². The van der Waals surface area contributed by atoms with Gasteiger partial charge < -0.3 is 19.4 Å². The van der Waals surface area contributed by atoms with E-state index in [-0.39, 0.29) is 18.2 Å². The SMILES string of the molecule is CC(C)(C)OC(=O)N(Cc1ccc2nc(CNC(=O)c3cncc(F)c3)cn2c1)CC1CCC1. The van der Waals surface area contributed by atoms with E-state index in [1.165, 1.54) is 12.6 Å². The van der Waals surface area contributed by atoms with Crippen molar-refractivity contribution in [3.8, 4) is 0 Å². The van der Waals surface area contributed by atoms with Gasteiger partial charge in [-0.25, -0.2) is 14.2 Å². The molecule has 9 heteroatoms. The van der Waals surface area contributed by atoms with Gasteiger partial charge in [-0.05, 0) is 57.2 Å². The molecular weight excluding hydrogens is 437 g/mol. The first-order chi connectivity index (χ1) is 16.2. The molecule has 1 fully saturated rings. The summed E-state index contributed by atoms with van der Waals surface area (Å²) in [4.78, 5) is 35.0. The molecule has 34 heavy (non-hydrogen) atoms. The predicted octanol–water partition coefficient (Wildman–Crippen LogP) is 4.34. The molecule has 3 aromatic rings. The van der Waals surface area contributed by atoms with Crippen molar-refractivity contribution in [2.45, 2.75) is 58.7 Å². The number of amides is 2. The number of aromatic nitrogens is 3. The van der Waals surface area contributed by atoms with Crippen LogP contribution >= 0.6 is 0 Å². The maximum atomic E-state index is 13.3. The van der Waals surface area contributed by atoms with Crippen LogP contribution in [-0.4, -0.2) is 43.4 Å². The molecule has 1 saturated carbocycles. The fourth-order valence-electron chi connectivity index (χ4n) is 3.82. The third-order valence-electron chi connectivity index (χ3n) is 5.69. The molecular formula is C25H30FN5O3. The fraction of sp³-hybridized carbons (Fsp3) is 0.440. The summed E-state index contributed by atoms with van der Waals surface area (Å²) in [6, 6.07) is 4.97. The molecule has 1 aliphatic rings. The van der Waals surface area contributed by atoms with Gasteiger partial charge in [-0.15, -0.1) is 0 Å². The molecule has 0 radical (unpaired) electrons. The number of nitrogens with one attached hydrogen (secondary N) is 1. The third kappa shape index (κ3) is 6.09. The van der Waals surface area contributed by atoms with Crippen molar-refractivity contribution < 1.29 is 18.7 Å². The molecule has 0 atom stereocenters. The minimum Gasteiger partial charge on any atom is -0.444 e. The molecule has 3 aromatic heterocycles. The van der Waals surface area contributed by atoms with Crippen molar-refractivity contribution in [1.82, 2.24) is 24.6 Å². The van der Waals surface area contributed by atoms with Crippen LogP contribution in [0, 0.1) is 11.7 Å². The number of rotatable bonds is 7. The van der Waals surface area contributed by atoms with Crippen molar-refractivity contribution in [3.63, 3.8) is 0 Å². The van der Waals surface area contributed by atoms with E-state index in [4.69, 9.17) is 4.74 Å². The summed E-state index contributed by atoms with van der Waals surface area (Å²) >= 11 is 0. The van der Waals surface area contributed by atoms with Gasteiger partial charge in [0, 0.05) is 25.1 Å². The van der Waals surface area contributed by atoms with Crippen LogP contribution in [0.1, 0.15) is 61.6 Å². The number of fused-ring (bicyclic) bond motifs is 1. The van der Waals surface area contributed by atoms with E-state index in [1.807, 2.05) is 49.7 Å². The Morgan fingerprint density at radius 2 is 2.03 bits per heavy atom. The van der Waals surface area contributed by atoms with Crippen LogP contribution in [0.4, 0.5) is 9.18 Å². The lowest BCUT2D eigenvalue weighted by molar-refractivity contribution is 0.0173. The molecule has 8 nitrogen and oxygen atoms in total. The number of imidazole rings is 1. The average molecular weight is 468 g/mol. The number of ether oxygens (including phenoxy) is 1. The van der Waals surface area contributed by atoms with Crippen LogP contribution in [0.5, 0.6) is 0 Å². The van der Waals surface area contributed by atoms with Crippen molar-refractivity contribution >= 4 is 17.6 Å². The second-order valence-electron chi connectivity index (χ2n) is 9.77. The highest BCUT2D eigenvalue weighted by Crippen LogP contribution is 2.28. The first-order valence-corrected chi connectivity index (χ1v) is 11.5. The molecule has 0 spiro atoms. The summed E-state index contributed by atoms with van der Waals surface area (Å²) < 4.78 is 20.8. The Labute approximate surface area is 198 Å². The summed E-state index contributed by atoms with van der Waals surface area (Å²) in [5.41, 5.74) is 1.94. The monoisotopic (exact) mass is 467 g/mol. The number of pyridine rings is 2. The van der Waals surface area contributed by atoms with Gasteiger partial charge in [0.2, 0.25) is 0 Å². The summed E-state index contributed by atoms with van der Waals surface area (Å²) in [5.74, 6) is -0.465. The number of halogens is 1. The van der Waals surface area contributed by atoms with Gasteiger partial charge in [-0.1, -0.05) is 12.5 Å². The minimum atomic E-state index is -0.564. The minimum absolute atomic E-state index is 0.153. The van der Waals surface area contributed by atoms with Gasteiger partial charge in [-0.3, -0.25) is 9.78 Å². The van der Waals surface area contributed by atoms with Gasteiger partial charge in [0.25, 0.3) is 5.91 Å². The predicted molar refractivity (Wildman–Crippen MR) is 125 cm³/mol. The second kappa shape index (κ2) is 9.79. The van der Waals surface area contributed by atoms with E-state index in [0.717, 1.165) is 36.3 Å². The van der Waals surface area contributed by atoms with E-state index in [2.05, 4.69) is 15.3 Å². The lowest BCUT2D eigenvalue weighted by Gasteiger charge is -2.33. The number of hydrogen-bond donors (Lipinski definition) is 1. The number of hydrogen-bond acceptors (Lipinski definition) is 5. The maximum Gasteiger partial charge on any atom is 0.410 e. The van der Waals surface area contributed by atoms with Gasteiger partial charge in [-0.2, -0.15) is 0 Å². The molecule has 1 N–H and O–H groups in total. The Kier molecular flexibility index (Phi) is 6.81. The molecule has 0 saturated heterocycles. The first kappa shape index (κ1) is 23.7. The lowest BCUT2D eigenvalue weighted by Crippen LogP contribution is -2.40. The average Bonchev–Trinajstić information content (AvgIpc) is 3.14. The fourth-order valence-corrected chi connectivity index (χ4v) is 3.82. The highest BCUT2D eigenvalue weighted by Gasteiger charge is 2.27. The van der Waals surface area contributed by atoms with E-state index in [1.54, 1.807) is 4.90 Å². The molecule has 0 unspecified atom stereocenters. The van der Waals surface area contributed by atoms with Crippen LogP contribution in [0.3, 0.4) is 0 Å². The molecule has 180 valence electrons. The molecule has 0 aliphatic heterocycles. The standard InChI is InChI=1S/C25H30FN5O3/c1-25(2,3)34-24(33)31(13-17-5-4-6-17)15-18-7-8-22-29-21(16-30(22)14-18)12-28-23(32)19-9-20(26)11-27-10-19/h7-11,14,16-17H,4-6,12-13,15H2,1-3H3,(H,28,32). The topological polar surface area (TPSA) is 88.8 Å². The number of carbonyl (C=O) groups excluding carboxylic acids is 2. The summed E-state index contributed by atoms with van der Waals surface area (Å²) in [5, 5.41) is 2.73. The maximum absolute atomic E-state index is 13.3. The zero-order chi connectivity index (χ0) is 24.3. The van der Waals surface area contributed by atoms with Crippen molar-refractivity contribution in [3.05, 3.63) is 65.6 Å². The van der Waals surface area contributed by atoms with E-state index < -0.39 is 17.3 Å². The zero-order valence-corrected chi connectivity index (χ0v) is 19.8. The summed E-state index contributed by atoms with van der Waals surface area (Å²) in [7, 11) is 0. The zero-order valence-electron chi connectivity index (χ0n) is 19.8. The van der Waals surface area contributed by atoms with Gasteiger partial charge >= 0.3 is 6.09 Å². The summed E-state index contributed by atoms with van der Waals surface area (Å²) in [6.07, 6.45) is 9.31. The Balaban J connectivity index is 1.43. The Morgan fingerprint density at radius 3 is 2.71 bits per heavy atom. The second-order valence-corrected chi connectivity index (χ2v) is 9.77. The van der Waals surface area contributed by atoms with Gasteiger partial charge in [0.15, 0.2) is 0 Å². The Morgan fingerprint density at radius 1 is 1.24 bits per heavy atom. The first-order valence-electron chi connectivity index (χ1n) is 11.5. The number of nitrogens with zero attached hydrogens (tertiary/aromatic N) is 4.